The molecule has 1 N–H and O–H groups in total. The first kappa shape index (κ1) is 14.4. The van der Waals surface area contributed by atoms with E-state index in [0.717, 1.165) is 28.9 Å². The molecule has 0 heterocycles. The predicted molar refractivity (Wildman–Crippen MR) is 83.0 cm³/mol. The number of rotatable bonds is 4. The molecule has 0 aliphatic heterocycles. The third-order valence-corrected chi connectivity index (χ3v) is 4.81. The summed E-state index contributed by atoms with van der Waals surface area (Å²) in [6.45, 7) is 2.24. The summed E-state index contributed by atoms with van der Waals surface area (Å²) in [5.41, 5.74) is 0.645. The van der Waals surface area contributed by atoms with Gasteiger partial charge in [0.2, 0.25) is 0 Å². The van der Waals surface area contributed by atoms with Crippen molar-refractivity contribution >= 4 is 21.6 Å². The maximum atomic E-state index is 9.58. The zero-order chi connectivity index (χ0) is 13.7. The summed E-state index contributed by atoms with van der Waals surface area (Å²) in [5, 5.41) is 13.0. The van der Waals surface area contributed by atoms with Gasteiger partial charge in [-0.3, -0.25) is 0 Å². The van der Waals surface area contributed by atoms with Gasteiger partial charge in [0.05, 0.1) is 6.07 Å². The fourth-order valence-corrected chi connectivity index (χ4v) is 3.34. The smallest absolute Gasteiger partial charge is 0.125 e. The fourth-order valence-electron chi connectivity index (χ4n) is 2.95. The Hall–Kier alpha value is -1.01. The fraction of sp³-hybridized carbons (Fsp3) is 0.562. The summed E-state index contributed by atoms with van der Waals surface area (Å²) in [6, 6.07) is 10.6. The average molecular weight is 321 g/mol. The van der Waals surface area contributed by atoms with E-state index in [1.165, 1.54) is 25.7 Å². The SMILES string of the molecule is CCCC1CCC(C#N)(Nc2ccccc2Br)CC1. The van der Waals surface area contributed by atoms with Crippen LogP contribution in [0.2, 0.25) is 0 Å². The van der Waals surface area contributed by atoms with Crippen molar-refractivity contribution in [2.45, 2.75) is 51.0 Å². The lowest BCUT2D eigenvalue weighted by Crippen LogP contribution is -2.40. The van der Waals surface area contributed by atoms with Crippen molar-refractivity contribution in [1.82, 2.24) is 0 Å². The molecule has 0 amide bonds. The Kier molecular flexibility index (Phi) is 4.87. The molecule has 0 saturated heterocycles. The van der Waals surface area contributed by atoms with Gasteiger partial charge in [0.25, 0.3) is 0 Å². The molecular weight excluding hydrogens is 300 g/mol. The second-order valence-electron chi connectivity index (χ2n) is 5.53. The average Bonchev–Trinajstić information content (AvgIpc) is 2.44. The molecule has 0 atom stereocenters. The molecule has 0 aromatic heterocycles. The van der Waals surface area contributed by atoms with Crippen LogP contribution < -0.4 is 5.32 Å². The number of para-hydroxylation sites is 1. The van der Waals surface area contributed by atoms with Gasteiger partial charge in [-0.05, 0) is 59.7 Å². The highest BCUT2D eigenvalue weighted by Gasteiger charge is 2.35. The first-order valence-electron chi connectivity index (χ1n) is 7.13. The molecule has 0 spiro atoms. The van der Waals surface area contributed by atoms with Gasteiger partial charge in [0, 0.05) is 10.2 Å². The number of nitrogens with zero attached hydrogens (tertiary/aromatic N) is 1. The quantitative estimate of drug-likeness (QED) is 0.836. The van der Waals surface area contributed by atoms with E-state index in [-0.39, 0.29) is 5.54 Å². The third kappa shape index (κ3) is 3.51. The standard InChI is InChI=1S/C16H21BrN2/c1-2-5-13-8-10-16(12-18,11-9-13)19-15-7-4-3-6-14(15)17/h3-4,6-7,13,19H,2,5,8-11H2,1H3. The molecule has 0 unspecified atom stereocenters. The van der Waals surface area contributed by atoms with E-state index in [0.29, 0.717) is 0 Å². The van der Waals surface area contributed by atoms with Crippen LogP contribution in [0.3, 0.4) is 0 Å². The van der Waals surface area contributed by atoms with Crippen molar-refractivity contribution in [3.63, 3.8) is 0 Å². The monoisotopic (exact) mass is 320 g/mol. The van der Waals surface area contributed by atoms with Crippen molar-refractivity contribution < 1.29 is 0 Å². The van der Waals surface area contributed by atoms with E-state index >= 15 is 0 Å². The second kappa shape index (κ2) is 6.43. The number of nitrogens with one attached hydrogen (secondary N) is 1. The van der Waals surface area contributed by atoms with Crippen LogP contribution >= 0.6 is 15.9 Å². The molecule has 2 nitrogen and oxygen atoms in total. The molecule has 1 aromatic rings. The number of benzene rings is 1. The van der Waals surface area contributed by atoms with Crippen LogP contribution in [-0.2, 0) is 0 Å². The summed E-state index contributed by atoms with van der Waals surface area (Å²) in [4.78, 5) is 0. The molecule has 1 fully saturated rings. The number of anilines is 1. The van der Waals surface area contributed by atoms with Gasteiger partial charge in [-0.2, -0.15) is 5.26 Å². The van der Waals surface area contributed by atoms with Crippen LogP contribution in [0.15, 0.2) is 28.7 Å². The third-order valence-electron chi connectivity index (χ3n) is 4.12. The minimum atomic E-state index is -0.381. The van der Waals surface area contributed by atoms with Crippen molar-refractivity contribution in [2.75, 3.05) is 5.32 Å². The first-order valence-corrected chi connectivity index (χ1v) is 7.92. The van der Waals surface area contributed by atoms with Gasteiger partial charge in [-0.25, -0.2) is 0 Å². The van der Waals surface area contributed by atoms with E-state index in [1.807, 2.05) is 24.3 Å². The van der Waals surface area contributed by atoms with E-state index in [1.54, 1.807) is 0 Å². The zero-order valence-corrected chi connectivity index (χ0v) is 13.0. The van der Waals surface area contributed by atoms with Crippen LogP contribution in [0.1, 0.15) is 45.4 Å². The Labute approximate surface area is 124 Å². The Morgan fingerprint density at radius 2 is 2.05 bits per heavy atom. The van der Waals surface area contributed by atoms with E-state index in [9.17, 15) is 5.26 Å². The number of hydrogen-bond donors (Lipinski definition) is 1. The van der Waals surface area contributed by atoms with Gasteiger partial charge >= 0.3 is 0 Å². The minimum Gasteiger partial charge on any atom is -0.366 e. The Balaban J connectivity index is 2.05. The summed E-state index contributed by atoms with van der Waals surface area (Å²) in [6.07, 6.45) is 6.79. The summed E-state index contributed by atoms with van der Waals surface area (Å²) in [5.74, 6) is 0.812. The molecule has 0 bridgehead atoms. The highest BCUT2D eigenvalue weighted by molar-refractivity contribution is 9.10. The van der Waals surface area contributed by atoms with Crippen molar-refractivity contribution in [3.8, 4) is 6.07 Å². The van der Waals surface area contributed by atoms with Crippen LogP contribution in [0, 0.1) is 17.2 Å². The maximum absolute atomic E-state index is 9.58. The Morgan fingerprint density at radius 3 is 2.63 bits per heavy atom. The van der Waals surface area contributed by atoms with Gasteiger partial charge in [0.1, 0.15) is 5.54 Å². The maximum Gasteiger partial charge on any atom is 0.125 e. The predicted octanol–water partition coefficient (Wildman–Crippen LogP) is 5.11. The van der Waals surface area contributed by atoms with E-state index in [4.69, 9.17) is 0 Å². The van der Waals surface area contributed by atoms with Crippen molar-refractivity contribution in [3.05, 3.63) is 28.7 Å². The topological polar surface area (TPSA) is 35.8 Å². The number of hydrogen-bond acceptors (Lipinski definition) is 2. The normalized spacial score (nSPS) is 26.7. The van der Waals surface area contributed by atoms with Crippen LogP contribution in [0.5, 0.6) is 0 Å². The van der Waals surface area contributed by atoms with Crippen LogP contribution in [0.25, 0.3) is 0 Å². The van der Waals surface area contributed by atoms with Crippen LogP contribution in [0.4, 0.5) is 5.69 Å². The molecule has 2 rings (SSSR count). The second-order valence-corrected chi connectivity index (χ2v) is 6.39. The minimum absolute atomic E-state index is 0.381. The molecule has 1 aliphatic carbocycles. The Morgan fingerprint density at radius 1 is 1.37 bits per heavy atom. The van der Waals surface area contributed by atoms with Crippen LogP contribution in [-0.4, -0.2) is 5.54 Å². The zero-order valence-electron chi connectivity index (χ0n) is 11.5. The molecule has 1 aliphatic rings. The molecule has 1 aromatic carbocycles. The van der Waals surface area contributed by atoms with Crippen molar-refractivity contribution in [1.29, 1.82) is 5.26 Å². The molecule has 19 heavy (non-hydrogen) atoms. The number of halogens is 1. The molecule has 3 heteroatoms. The molecule has 0 radical (unpaired) electrons. The van der Waals surface area contributed by atoms with Gasteiger partial charge < -0.3 is 5.32 Å². The number of nitriles is 1. The van der Waals surface area contributed by atoms with Gasteiger partial charge in [0.15, 0.2) is 0 Å². The molecular formula is C16H21BrN2. The highest BCUT2D eigenvalue weighted by Crippen LogP contribution is 2.37. The van der Waals surface area contributed by atoms with Gasteiger partial charge in [-0.1, -0.05) is 31.9 Å². The van der Waals surface area contributed by atoms with E-state index in [2.05, 4.69) is 34.2 Å². The van der Waals surface area contributed by atoms with Crippen molar-refractivity contribution in [2.24, 2.45) is 5.92 Å². The summed E-state index contributed by atoms with van der Waals surface area (Å²) in [7, 11) is 0. The van der Waals surface area contributed by atoms with E-state index < -0.39 is 0 Å². The lowest BCUT2D eigenvalue weighted by molar-refractivity contribution is 0.282. The van der Waals surface area contributed by atoms with Gasteiger partial charge in [-0.15, -0.1) is 0 Å². The Bertz CT molecular complexity index is 456. The largest absolute Gasteiger partial charge is 0.366 e. The summed E-state index contributed by atoms with van der Waals surface area (Å²) < 4.78 is 1.03. The summed E-state index contributed by atoms with van der Waals surface area (Å²) >= 11 is 3.54. The molecule has 102 valence electrons. The lowest BCUT2D eigenvalue weighted by atomic mass is 9.75. The lowest BCUT2D eigenvalue weighted by Gasteiger charge is -2.36. The molecule has 1 saturated carbocycles. The highest BCUT2D eigenvalue weighted by atomic mass is 79.9. The first-order chi connectivity index (χ1) is 9.19.